The Balaban J connectivity index is 1.84. The molecule has 6 nitrogen and oxygen atoms in total. The summed E-state index contributed by atoms with van der Waals surface area (Å²) in [5, 5.41) is 0. The van der Waals surface area contributed by atoms with E-state index in [0.29, 0.717) is 18.8 Å². The van der Waals surface area contributed by atoms with E-state index in [4.69, 9.17) is 9.47 Å². The first-order valence-electron chi connectivity index (χ1n) is 7.63. The predicted octanol–water partition coefficient (Wildman–Crippen LogP) is 1.65. The summed E-state index contributed by atoms with van der Waals surface area (Å²) in [5.41, 5.74) is 2.74. The van der Waals surface area contributed by atoms with Gasteiger partial charge in [-0.15, -0.1) is 0 Å². The minimum atomic E-state index is -0.00823. The number of ether oxygens (including phenoxy) is 2. The maximum atomic E-state index is 12.0. The van der Waals surface area contributed by atoms with E-state index in [2.05, 4.69) is 14.9 Å². The van der Waals surface area contributed by atoms with Gasteiger partial charge in [0.25, 0.3) is 5.56 Å². The van der Waals surface area contributed by atoms with Gasteiger partial charge in [0.15, 0.2) is 11.5 Å². The van der Waals surface area contributed by atoms with Crippen LogP contribution < -0.4 is 15.0 Å². The number of aryl methyl sites for hydroxylation is 1. The zero-order chi connectivity index (χ0) is 16.4. The fraction of sp³-hybridized carbons (Fsp3) is 0.412. The average Bonchev–Trinajstić information content (AvgIpc) is 2.54. The number of rotatable bonds is 4. The van der Waals surface area contributed by atoms with Crippen LogP contribution in [0, 0.1) is 6.92 Å². The Morgan fingerprint density at radius 2 is 2.13 bits per heavy atom. The van der Waals surface area contributed by atoms with Gasteiger partial charge < -0.3 is 14.5 Å². The van der Waals surface area contributed by atoms with Crippen molar-refractivity contribution >= 4 is 0 Å². The molecule has 122 valence electrons. The highest BCUT2D eigenvalue weighted by atomic mass is 16.5. The zero-order valence-electron chi connectivity index (χ0n) is 13.7. The van der Waals surface area contributed by atoms with E-state index >= 15 is 0 Å². The molecule has 0 fully saturated rings. The summed E-state index contributed by atoms with van der Waals surface area (Å²) in [4.78, 5) is 21.5. The fourth-order valence-corrected chi connectivity index (χ4v) is 3.07. The number of para-hydroxylation sites is 1. The van der Waals surface area contributed by atoms with Crippen molar-refractivity contribution in [1.82, 2.24) is 14.9 Å². The molecular weight excluding hydrogens is 294 g/mol. The molecule has 1 aromatic heterocycles. The van der Waals surface area contributed by atoms with Gasteiger partial charge in [-0.05, 0) is 19.4 Å². The lowest BCUT2D eigenvalue weighted by molar-refractivity contribution is 0.235. The lowest BCUT2D eigenvalue weighted by Crippen LogP contribution is -2.35. The highest BCUT2D eigenvalue weighted by Gasteiger charge is 2.22. The van der Waals surface area contributed by atoms with Crippen LogP contribution >= 0.6 is 0 Å². The van der Waals surface area contributed by atoms with E-state index < -0.39 is 0 Å². The molecule has 1 aliphatic rings. The first-order valence-corrected chi connectivity index (χ1v) is 7.63. The van der Waals surface area contributed by atoms with Crippen molar-refractivity contribution < 1.29 is 9.47 Å². The Morgan fingerprint density at radius 3 is 2.87 bits per heavy atom. The van der Waals surface area contributed by atoms with Crippen molar-refractivity contribution in [2.24, 2.45) is 0 Å². The van der Waals surface area contributed by atoms with Crippen LogP contribution in [0.25, 0.3) is 0 Å². The number of fused-ring (bicyclic) bond motifs is 1. The molecule has 1 aliphatic heterocycles. The summed E-state index contributed by atoms with van der Waals surface area (Å²) in [6.07, 6.45) is 0.713. The molecule has 0 radical (unpaired) electrons. The largest absolute Gasteiger partial charge is 0.493 e. The lowest BCUT2D eigenvalue weighted by atomic mass is 10.1. The van der Waals surface area contributed by atoms with E-state index in [1.807, 2.05) is 25.1 Å². The summed E-state index contributed by atoms with van der Waals surface area (Å²) < 4.78 is 10.8. The number of methoxy groups -OCH3 is 2. The second kappa shape index (κ2) is 6.42. The van der Waals surface area contributed by atoms with Crippen molar-refractivity contribution in [3.63, 3.8) is 0 Å². The molecule has 2 aromatic rings. The van der Waals surface area contributed by atoms with Gasteiger partial charge in [-0.2, -0.15) is 0 Å². The average molecular weight is 315 g/mol. The van der Waals surface area contributed by atoms with Gasteiger partial charge in [-0.1, -0.05) is 12.1 Å². The molecule has 0 amide bonds. The summed E-state index contributed by atoms with van der Waals surface area (Å²) in [6.45, 7) is 4.03. The Kier molecular flexibility index (Phi) is 4.34. The quantitative estimate of drug-likeness (QED) is 0.929. The molecule has 0 saturated carbocycles. The van der Waals surface area contributed by atoms with Crippen molar-refractivity contribution in [1.29, 1.82) is 0 Å². The highest BCUT2D eigenvalue weighted by molar-refractivity contribution is 5.46. The van der Waals surface area contributed by atoms with E-state index in [1.54, 1.807) is 14.2 Å². The van der Waals surface area contributed by atoms with Gasteiger partial charge in [0.1, 0.15) is 5.82 Å². The smallest absolute Gasteiger partial charge is 0.254 e. The van der Waals surface area contributed by atoms with Gasteiger partial charge >= 0.3 is 0 Å². The summed E-state index contributed by atoms with van der Waals surface area (Å²) in [7, 11) is 3.29. The number of nitrogens with zero attached hydrogens (tertiary/aromatic N) is 2. The third-order valence-electron chi connectivity index (χ3n) is 4.15. The number of aromatic amines is 1. The summed E-state index contributed by atoms with van der Waals surface area (Å²) >= 11 is 0. The predicted molar refractivity (Wildman–Crippen MR) is 87.0 cm³/mol. The number of nitrogens with one attached hydrogen (secondary N) is 1. The highest BCUT2D eigenvalue weighted by Crippen LogP contribution is 2.32. The summed E-state index contributed by atoms with van der Waals surface area (Å²) in [5.74, 6) is 2.15. The van der Waals surface area contributed by atoms with E-state index in [9.17, 15) is 4.79 Å². The molecule has 0 saturated heterocycles. The van der Waals surface area contributed by atoms with Gasteiger partial charge in [0.05, 0.1) is 19.9 Å². The van der Waals surface area contributed by atoms with E-state index in [1.165, 1.54) is 0 Å². The molecule has 1 aromatic carbocycles. The molecule has 0 unspecified atom stereocenters. The van der Waals surface area contributed by atoms with Crippen LogP contribution in [0.4, 0.5) is 0 Å². The van der Waals surface area contributed by atoms with Gasteiger partial charge in [-0.25, -0.2) is 4.98 Å². The molecule has 0 bridgehead atoms. The summed E-state index contributed by atoms with van der Waals surface area (Å²) in [6, 6.07) is 5.88. The topological polar surface area (TPSA) is 67.5 Å². The van der Waals surface area contributed by atoms with E-state index in [0.717, 1.165) is 41.4 Å². The number of hydrogen-bond donors (Lipinski definition) is 1. The van der Waals surface area contributed by atoms with Crippen molar-refractivity contribution in [2.45, 2.75) is 26.4 Å². The number of hydrogen-bond acceptors (Lipinski definition) is 5. The molecule has 0 spiro atoms. The third-order valence-corrected chi connectivity index (χ3v) is 4.15. The zero-order valence-corrected chi connectivity index (χ0v) is 13.7. The minimum absolute atomic E-state index is 0.00823. The number of benzene rings is 1. The van der Waals surface area contributed by atoms with Crippen LogP contribution in [0.1, 0.15) is 22.6 Å². The first-order chi connectivity index (χ1) is 11.1. The number of H-pyrrole nitrogens is 1. The SMILES string of the molecule is COc1cccc(CN2CCc3c(nc(C)[nH]c3=O)C2)c1OC. The molecule has 6 heteroatoms. The molecule has 23 heavy (non-hydrogen) atoms. The van der Waals surface area contributed by atoms with Crippen LogP contribution in [0.2, 0.25) is 0 Å². The van der Waals surface area contributed by atoms with Crippen molar-refractivity contribution in [3.8, 4) is 11.5 Å². The molecule has 3 rings (SSSR count). The first kappa shape index (κ1) is 15.6. The molecular formula is C17H21N3O3. The maximum Gasteiger partial charge on any atom is 0.254 e. The fourth-order valence-electron chi connectivity index (χ4n) is 3.07. The molecule has 0 atom stereocenters. The number of aromatic nitrogens is 2. The molecule has 1 N–H and O–H groups in total. The third kappa shape index (κ3) is 3.07. The Labute approximate surface area is 135 Å². The van der Waals surface area contributed by atoms with Crippen molar-refractivity contribution in [2.75, 3.05) is 20.8 Å². The Bertz CT molecular complexity index is 770. The van der Waals surface area contributed by atoms with Crippen LogP contribution in [0.3, 0.4) is 0 Å². The van der Waals surface area contributed by atoms with E-state index in [-0.39, 0.29) is 5.56 Å². The normalized spacial score (nSPS) is 14.4. The Hall–Kier alpha value is -2.34. The minimum Gasteiger partial charge on any atom is -0.493 e. The van der Waals surface area contributed by atoms with Crippen LogP contribution in [0.5, 0.6) is 11.5 Å². The van der Waals surface area contributed by atoms with Crippen molar-refractivity contribution in [3.05, 3.63) is 51.2 Å². The lowest BCUT2D eigenvalue weighted by Gasteiger charge is -2.28. The standard InChI is InChI=1S/C17H21N3O3/c1-11-18-14-10-20(8-7-13(14)17(21)19-11)9-12-5-4-6-15(22-2)16(12)23-3/h4-6H,7-10H2,1-3H3,(H,18,19,21). The maximum absolute atomic E-state index is 12.0. The van der Waals surface area contributed by atoms with Gasteiger partial charge in [0.2, 0.25) is 0 Å². The second-order valence-corrected chi connectivity index (χ2v) is 5.69. The van der Waals surface area contributed by atoms with Crippen LogP contribution in [0.15, 0.2) is 23.0 Å². The second-order valence-electron chi connectivity index (χ2n) is 5.69. The van der Waals surface area contributed by atoms with Crippen LogP contribution in [-0.4, -0.2) is 35.6 Å². The monoisotopic (exact) mass is 315 g/mol. The molecule has 2 heterocycles. The van der Waals surface area contributed by atoms with Gasteiger partial charge in [-0.3, -0.25) is 9.69 Å². The Morgan fingerprint density at radius 1 is 1.30 bits per heavy atom. The van der Waals surface area contributed by atoms with Crippen LogP contribution in [-0.2, 0) is 19.5 Å². The van der Waals surface area contributed by atoms with Gasteiger partial charge in [0, 0.05) is 30.8 Å². The molecule has 0 aliphatic carbocycles.